The van der Waals surface area contributed by atoms with Crippen LogP contribution < -0.4 is 18.9 Å². The monoisotopic (exact) mass is 756 g/mol. The minimum atomic E-state index is -0.920. The number of hydrogen-bond acceptors (Lipinski definition) is 8. The SMILES string of the molecule is CCCCc1ccc(C(=O)Oc2ccc(C(=O)Oc3ccc4ccc(OC(=O)c5ccc(OC(=O)c6ccc(CCCC)cc6)c(F)c5)cc4c3)cc2F)cc1. The van der Waals surface area contributed by atoms with E-state index in [0.717, 1.165) is 67.2 Å². The maximum Gasteiger partial charge on any atom is 0.343 e. The van der Waals surface area contributed by atoms with E-state index in [0.29, 0.717) is 5.39 Å². The molecule has 0 unspecified atom stereocenters. The quantitative estimate of drug-likeness (QED) is 0.0799. The summed E-state index contributed by atoms with van der Waals surface area (Å²) in [6.07, 6.45) is 5.96. The van der Waals surface area contributed by atoms with Crippen LogP contribution in [0, 0.1) is 11.6 Å². The van der Waals surface area contributed by atoms with Crippen LogP contribution in [-0.4, -0.2) is 23.9 Å². The number of carbonyl (C=O) groups is 4. The zero-order valence-electron chi connectivity index (χ0n) is 30.8. The van der Waals surface area contributed by atoms with E-state index >= 15 is 0 Å². The van der Waals surface area contributed by atoms with Crippen LogP contribution in [0.25, 0.3) is 10.8 Å². The fourth-order valence-electron chi connectivity index (χ4n) is 5.78. The van der Waals surface area contributed by atoms with Crippen LogP contribution in [0.1, 0.15) is 92.1 Å². The molecule has 0 fully saturated rings. The molecule has 6 aromatic rings. The highest BCUT2D eigenvalue weighted by atomic mass is 19.1. The maximum absolute atomic E-state index is 14.9. The molecule has 0 aliphatic carbocycles. The molecule has 0 aliphatic rings. The van der Waals surface area contributed by atoms with Crippen molar-refractivity contribution in [1.29, 1.82) is 0 Å². The van der Waals surface area contributed by atoms with Crippen LogP contribution in [-0.2, 0) is 12.8 Å². The molecule has 0 N–H and O–H groups in total. The predicted octanol–water partition coefficient (Wildman–Crippen LogP) is 10.7. The second-order valence-corrected chi connectivity index (χ2v) is 13.1. The van der Waals surface area contributed by atoms with Crippen LogP contribution in [0.15, 0.2) is 121 Å². The van der Waals surface area contributed by atoms with Crippen molar-refractivity contribution < 1.29 is 46.9 Å². The second-order valence-electron chi connectivity index (χ2n) is 13.1. The number of aryl methyl sites for hydroxylation is 2. The van der Waals surface area contributed by atoms with Gasteiger partial charge in [-0.2, -0.15) is 0 Å². The summed E-state index contributed by atoms with van der Waals surface area (Å²) in [5.41, 5.74) is 2.48. The summed E-state index contributed by atoms with van der Waals surface area (Å²) in [6.45, 7) is 4.19. The van der Waals surface area contributed by atoms with Gasteiger partial charge in [0.2, 0.25) is 0 Å². The van der Waals surface area contributed by atoms with E-state index in [-0.39, 0.29) is 45.3 Å². The first kappa shape index (κ1) is 39.0. The maximum atomic E-state index is 14.9. The summed E-state index contributed by atoms with van der Waals surface area (Å²) in [7, 11) is 0. The zero-order chi connectivity index (χ0) is 39.6. The Kier molecular flexibility index (Phi) is 12.6. The second kappa shape index (κ2) is 18.1. The summed E-state index contributed by atoms with van der Waals surface area (Å²) in [6, 6.07) is 30.2. The molecule has 0 saturated carbocycles. The van der Waals surface area contributed by atoms with Crippen molar-refractivity contribution in [2.24, 2.45) is 0 Å². The highest BCUT2D eigenvalue weighted by molar-refractivity contribution is 5.95. The third-order valence-electron chi connectivity index (χ3n) is 8.96. The fourth-order valence-corrected chi connectivity index (χ4v) is 5.78. The molecule has 0 heterocycles. The molecule has 0 saturated heterocycles. The summed E-state index contributed by atoms with van der Waals surface area (Å²) in [4.78, 5) is 51.1. The van der Waals surface area contributed by atoms with Crippen molar-refractivity contribution in [3.05, 3.63) is 166 Å². The van der Waals surface area contributed by atoms with E-state index in [2.05, 4.69) is 13.8 Å². The van der Waals surface area contributed by atoms with Gasteiger partial charge in [-0.1, -0.05) is 63.1 Å². The summed E-state index contributed by atoms with van der Waals surface area (Å²) < 4.78 is 51.3. The molecule has 284 valence electrons. The van der Waals surface area contributed by atoms with Crippen LogP contribution in [0.3, 0.4) is 0 Å². The van der Waals surface area contributed by atoms with E-state index in [9.17, 15) is 28.0 Å². The summed E-state index contributed by atoms with van der Waals surface area (Å²) >= 11 is 0. The van der Waals surface area contributed by atoms with Gasteiger partial charge < -0.3 is 18.9 Å². The average Bonchev–Trinajstić information content (AvgIpc) is 3.20. The number of ether oxygens (including phenoxy) is 4. The molecular formula is C46H38F2O8. The lowest BCUT2D eigenvalue weighted by Crippen LogP contribution is -2.12. The molecule has 56 heavy (non-hydrogen) atoms. The number of hydrogen-bond donors (Lipinski definition) is 0. The zero-order valence-corrected chi connectivity index (χ0v) is 30.8. The van der Waals surface area contributed by atoms with Crippen molar-refractivity contribution in [2.45, 2.75) is 52.4 Å². The van der Waals surface area contributed by atoms with Gasteiger partial charge in [-0.3, -0.25) is 0 Å². The highest BCUT2D eigenvalue weighted by Crippen LogP contribution is 2.28. The molecule has 0 amide bonds. The first-order valence-corrected chi connectivity index (χ1v) is 18.3. The number of unbranched alkanes of at least 4 members (excludes halogenated alkanes) is 2. The van der Waals surface area contributed by atoms with E-state index in [4.69, 9.17) is 18.9 Å². The summed E-state index contributed by atoms with van der Waals surface area (Å²) in [5, 5.41) is 1.27. The minimum Gasteiger partial charge on any atom is -0.423 e. The standard InChI is InChI=1S/C46H38F2O8/c1-3-5-7-29-9-13-32(14-10-29)43(49)55-41-23-19-34(27-39(41)47)45(51)53-37-21-17-31-18-22-38(26-36(31)25-37)54-46(52)35-20-24-42(40(48)28-35)56-44(50)33-15-11-30(12-16-33)8-6-4-2/h9-28H,3-8H2,1-2H3. The summed E-state index contributed by atoms with van der Waals surface area (Å²) in [5.74, 6) is -5.44. The third-order valence-corrected chi connectivity index (χ3v) is 8.96. The molecule has 6 aromatic carbocycles. The van der Waals surface area contributed by atoms with Gasteiger partial charge in [-0.15, -0.1) is 0 Å². The van der Waals surface area contributed by atoms with Crippen molar-refractivity contribution in [3.63, 3.8) is 0 Å². The average molecular weight is 757 g/mol. The molecule has 0 bridgehead atoms. The van der Waals surface area contributed by atoms with Gasteiger partial charge in [0.15, 0.2) is 23.1 Å². The molecule has 0 radical (unpaired) electrons. The number of fused-ring (bicyclic) bond motifs is 1. The lowest BCUT2D eigenvalue weighted by molar-refractivity contribution is 0.0714. The number of esters is 4. The molecule has 0 atom stereocenters. The smallest absolute Gasteiger partial charge is 0.343 e. The van der Waals surface area contributed by atoms with Gasteiger partial charge in [0.1, 0.15) is 11.5 Å². The topological polar surface area (TPSA) is 105 Å². The molecule has 10 heteroatoms. The Morgan fingerprint density at radius 2 is 0.804 bits per heavy atom. The normalized spacial score (nSPS) is 10.9. The van der Waals surface area contributed by atoms with E-state index in [1.165, 1.54) is 36.4 Å². The van der Waals surface area contributed by atoms with Gasteiger partial charge >= 0.3 is 23.9 Å². The number of rotatable bonds is 14. The molecule has 6 rings (SSSR count). The predicted molar refractivity (Wildman–Crippen MR) is 207 cm³/mol. The van der Waals surface area contributed by atoms with Gasteiger partial charge in [-0.05, 0) is 133 Å². The lowest BCUT2D eigenvalue weighted by atomic mass is 10.1. The lowest BCUT2D eigenvalue weighted by Gasteiger charge is -2.10. The highest BCUT2D eigenvalue weighted by Gasteiger charge is 2.19. The van der Waals surface area contributed by atoms with Crippen LogP contribution in [0.4, 0.5) is 8.78 Å². The molecule has 0 aromatic heterocycles. The number of benzene rings is 6. The Labute approximate surface area is 322 Å². The Morgan fingerprint density at radius 1 is 0.429 bits per heavy atom. The van der Waals surface area contributed by atoms with E-state index < -0.39 is 35.5 Å². The van der Waals surface area contributed by atoms with Gasteiger partial charge in [-0.25, -0.2) is 28.0 Å². The Hall–Kier alpha value is -6.68. The Bertz CT molecular complexity index is 2220. The van der Waals surface area contributed by atoms with E-state index in [1.54, 1.807) is 48.5 Å². The van der Waals surface area contributed by atoms with Crippen molar-refractivity contribution >= 4 is 34.6 Å². The van der Waals surface area contributed by atoms with Crippen molar-refractivity contribution in [2.75, 3.05) is 0 Å². The van der Waals surface area contributed by atoms with Gasteiger partial charge in [0.25, 0.3) is 0 Å². The van der Waals surface area contributed by atoms with Gasteiger partial charge in [0, 0.05) is 0 Å². The largest absolute Gasteiger partial charge is 0.423 e. The molecule has 0 aliphatic heterocycles. The van der Waals surface area contributed by atoms with Crippen molar-refractivity contribution in [1.82, 2.24) is 0 Å². The third kappa shape index (κ3) is 9.89. The Morgan fingerprint density at radius 3 is 1.18 bits per heavy atom. The van der Waals surface area contributed by atoms with E-state index in [1.807, 2.05) is 24.3 Å². The Balaban J connectivity index is 1.06. The molecule has 0 spiro atoms. The minimum absolute atomic E-state index is 0.116. The van der Waals surface area contributed by atoms with Crippen molar-refractivity contribution in [3.8, 4) is 23.0 Å². The fraction of sp³-hybridized carbons (Fsp3) is 0.174. The molecular weight excluding hydrogens is 718 g/mol. The first-order chi connectivity index (χ1) is 27.1. The van der Waals surface area contributed by atoms with Crippen LogP contribution >= 0.6 is 0 Å². The number of halogens is 2. The first-order valence-electron chi connectivity index (χ1n) is 18.3. The van der Waals surface area contributed by atoms with Gasteiger partial charge in [0.05, 0.1) is 22.3 Å². The van der Waals surface area contributed by atoms with Crippen LogP contribution in [0.2, 0.25) is 0 Å². The number of carbonyl (C=O) groups excluding carboxylic acids is 4. The molecule has 8 nitrogen and oxygen atoms in total. The van der Waals surface area contributed by atoms with Crippen LogP contribution in [0.5, 0.6) is 23.0 Å².